The number of nitro groups is 1. The fraction of sp³-hybridized carbons (Fsp3) is 0.333. The predicted molar refractivity (Wildman–Crippen MR) is 119 cm³/mol. The highest BCUT2D eigenvalue weighted by atomic mass is 32.1. The van der Waals surface area contributed by atoms with Gasteiger partial charge in [0.2, 0.25) is 0 Å². The predicted octanol–water partition coefficient (Wildman–Crippen LogP) is 3.19. The normalized spacial score (nSPS) is 13.2. The first-order chi connectivity index (χ1) is 15.4. The lowest BCUT2D eigenvalue weighted by Gasteiger charge is -2.08. The molecule has 2 aromatic rings. The Morgan fingerprint density at radius 2 is 2.00 bits per heavy atom. The lowest BCUT2D eigenvalue weighted by molar-refractivity contribution is -0.384. The van der Waals surface area contributed by atoms with Gasteiger partial charge < -0.3 is 10.1 Å². The van der Waals surface area contributed by atoms with Crippen molar-refractivity contribution in [1.82, 2.24) is 5.43 Å². The number of anilines is 1. The van der Waals surface area contributed by atoms with Crippen LogP contribution in [0.5, 0.6) is 0 Å². The highest BCUT2D eigenvalue weighted by Crippen LogP contribution is 2.38. The van der Waals surface area contributed by atoms with Crippen LogP contribution < -0.4 is 10.7 Å². The van der Waals surface area contributed by atoms with E-state index >= 15 is 0 Å². The lowest BCUT2D eigenvalue weighted by atomic mass is 10.1. The number of aryl methyl sites for hydroxylation is 1. The van der Waals surface area contributed by atoms with Gasteiger partial charge >= 0.3 is 17.8 Å². The number of carbonyl (C=O) groups is 3. The zero-order chi connectivity index (χ0) is 23.1. The molecule has 10 nitrogen and oxygen atoms in total. The summed E-state index contributed by atoms with van der Waals surface area (Å²) in [4.78, 5) is 48.4. The molecule has 0 saturated carbocycles. The SMILES string of the molecule is CCOC(=O)c1c(NC(=O)C(=O)N/N=C/c2cccc([N+](=O)[O-])c2)sc2c1CCCCC2. The number of ether oxygens (including phenoxy) is 1. The zero-order valence-corrected chi connectivity index (χ0v) is 18.2. The van der Waals surface area contributed by atoms with Crippen molar-refractivity contribution in [1.29, 1.82) is 0 Å². The van der Waals surface area contributed by atoms with Crippen molar-refractivity contribution in [3.8, 4) is 0 Å². The van der Waals surface area contributed by atoms with Crippen LogP contribution in [0.3, 0.4) is 0 Å². The number of benzene rings is 1. The summed E-state index contributed by atoms with van der Waals surface area (Å²) >= 11 is 1.29. The van der Waals surface area contributed by atoms with Crippen molar-refractivity contribution in [2.75, 3.05) is 11.9 Å². The van der Waals surface area contributed by atoms with Crippen LogP contribution in [0.15, 0.2) is 29.4 Å². The summed E-state index contributed by atoms with van der Waals surface area (Å²) < 4.78 is 5.16. The first-order valence-corrected chi connectivity index (χ1v) is 10.9. The van der Waals surface area contributed by atoms with Gasteiger partial charge in [-0.25, -0.2) is 10.2 Å². The monoisotopic (exact) mass is 458 g/mol. The van der Waals surface area contributed by atoms with E-state index in [1.165, 1.54) is 35.8 Å². The lowest BCUT2D eigenvalue weighted by Crippen LogP contribution is -2.32. The van der Waals surface area contributed by atoms with Crippen LogP contribution in [0.2, 0.25) is 0 Å². The number of nitro benzene ring substituents is 1. The van der Waals surface area contributed by atoms with Crippen LogP contribution in [0.25, 0.3) is 0 Å². The molecule has 0 spiro atoms. The van der Waals surface area contributed by atoms with Gasteiger partial charge in [0.15, 0.2) is 0 Å². The number of amides is 2. The van der Waals surface area contributed by atoms with E-state index < -0.39 is 22.7 Å². The molecule has 1 aromatic heterocycles. The number of esters is 1. The van der Waals surface area contributed by atoms with Crippen LogP contribution in [-0.4, -0.2) is 35.5 Å². The highest BCUT2D eigenvalue weighted by molar-refractivity contribution is 7.17. The molecule has 1 aliphatic rings. The number of rotatable bonds is 6. The van der Waals surface area contributed by atoms with Crippen LogP contribution in [0.4, 0.5) is 10.7 Å². The highest BCUT2D eigenvalue weighted by Gasteiger charge is 2.27. The topological polar surface area (TPSA) is 140 Å². The Hall–Kier alpha value is -3.60. The van der Waals surface area contributed by atoms with Crippen molar-refractivity contribution in [2.24, 2.45) is 5.10 Å². The largest absolute Gasteiger partial charge is 0.462 e. The number of nitrogens with one attached hydrogen (secondary N) is 2. The van der Waals surface area contributed by atoms with Crippen LogP contribution in [-0.2, 0) is 27.2 Å². The van der Waals surface area contributed by atoms with E-state index in [-0.39, 0.29) is 17.3 Å². The number of nitrogens with zero attached hydrogens (tertiary/aromatic N) is 2. The van der Waals surface area contributed by atoms with E-state index in [1.54, 1.807) is 13.0 Å². The Morgan fingerprint density at radius 3 is 2.75 bits per heavy atom. The Bertz CT molecular complexity index is 1080. The molecular weight excluding hydrogens is 436 g/mol. The Labute approximate surface area is 187 Å². The van der Waals surface area contributed by atoms with Crippen molar-refractivity contribution in [3.05, 3.63) is 55.9 Å². The molecule has 0 fully saturated rings. The van der Waals surface area contributed by atoms with Gasteiger partial charge in [0, 0.05) is 22.6 Å². The second kappa shape index (κ2) is 10.6. The second-order valence-corrected chi connectivity index (χ2v) is 8.10. The third-order valence-corrected chi connectivity index (χ3v) is 6.00. The Morgan fingerprint density at radius 1 is 1.22 bits per heavy atom. The summed E-state index contributed by atoms with van der Waals surface area (Å²) in [5.41, 5.74) is 3.54. The number of hydrogen-bond donors (Lipinski definition) is 2. The summed E-state index contributed by atoms with van der Waals surface area (Å²) in [6, 6.07) is 5.64. The van der Waals surface area contributed by atoms with Crippen molar-refractivity contribution in [2.45, 2.75) is 39.0 Å². The molecule has 11 heteroatoms. The standard InChI is InChI=1S/C21H22N4O6S/c1-2-31-21(28)17-15-9-4-3-5-10-16(15)32-20(17)23-18(26)19(27)24-22-12-13-7-6-8-14(11-13)25(29)30/h6-8,11-12H,2-5,9-10H2,1H3,(H,23,26)(H,24,27)/b22-12+. The van der Waals surface area contributed by atoms with Gasteiger partial charge in [-0.3, -0.25) is 19.7 Å². The van der Waals surface area contributed by atoms with Gasteiger partial charge in [-0.1, -0.05) is 18.6 Å². The minimum absolute atomic E-state index is 0.123. The van der Waals surface area contributed by atoms with Crippen LogP contribution in [0, 0.1) is 10.1 Å². The fourth-order valence-corrected chi connectivity index (χ4v) is 4.62. The molecule has 0 atom stereocenters. The molecule has 32 heavy (non-hydrogen) atoms. The number of carbonyl (C=O) groups excluding carboxylic acids is 3. The average molecular weight is 458 g/mol. The molecule has 0 unspecified atom stereocenters. The van der Waals surface area contributed by atoms with E-state index in [9.17, 15) is 24.5 Å². The first-order valence-electron chi connectivity index (χ1n) is 10.1. The summed E-state index contributed by atoms with van der Waals surface area (Å²) in [6.07, 6.45) is 5.72. The maximum absolute atomic E-state index is 12.5. The summed E-state index contributed by atoms with van der Waals surface area (Å²) in [5, 5.41) is 17.3. The smallest absolute Gasteiger partial charge is 0.341 e. The second-order valence-electron chi connectivity index (χ2n) is 6.99. The van der Waals surface area contributed by atoms with E-state index in [1.807, 2.05) is 0 Å². The van der Waals surface area contributed by atoms with Gasteiger partial charge in [-0.15, -0.1) is 11.3 Å². The molecule has 0 saturated heterocycles. The molecule has 1 heterocycles. The fourth-order valence-electron chi connectivity index (χ4n) is 3.34. The number of hydrazone groups is 1. The van der Waals surface area contributed by atoms with Gasteiger partial charge in [0.25, 0.3) is 5.69 Å². The molecule has 0 aliphatic heterocycles. The average Bonchev–Trinajstić information content (AvgIpc) is 2.94. The molecule has 0 bridgehead atoms. The van der Waals surface area contributed by atoms with Crippen molar-refractivity contribution in [3.63, 3.8) is 0 Å². The van der Waals surface area contributed by atoms with Crippen LogP contribution >= 0.6 is 11.3 Å². The number of fused-ring (bicyclic) bond motifs is 1. The maximum atomic E-state index is 12.5. The molecule has 168 valence electrons. The van der Waals surface area contributed by atoms with Gasteiger partial charge in [0.05, 0.1) is 23.3 Å². The minimum atomic E-state index is -1.04. The molecule has 2 amide bonds. The summed E-state index contributed by atoms with van der Waals surface area (Å²) in [6.45, 7) is 1.90. The number of thiophene rings is 1. The number of hydrogen-bond acceptors (Lipinski definition) is 8. The zero-order valence-electron chi connectivity index (χ0n) is 17.4. The van der Waals surface area contributed by atoms with E-state index in [2.05, 4.69) is 15.8 Å². The molecular formula is C21H22N4O6S. The van der Waals surface area contributed by atoms with E-state index in [4.69, 9.17) is 4.74 Å². The minimum Gasteiger partial charge on any atom is -0.462 e. The van der Waals surface area contributed by atoms with Crippen molar-refractivity contribution < 1.29 is 24.0 Å². The Kier molecular flexibility index (Phi) is 7.66. The van der Waals surface area contributed by atoms with E-state index in [0.29, 0.717) is 11.1 Å². The van der Waals surface area contributed by atoms with E-state index in [0.717, 1.165) is 42.5 Å². The van der Waals surface area contributed by atoms with Crippen molar-refractivity contribution >= 4 is 46.0 Å². The van der Waals surface area contributed by atoms with Gasteiger partial charge in [0.1, 0.15) is 5.00 Å². The molecule has 3 rings (SSSR count). The molecule has 2 N–H and O–H groups in total. The summed E-state index contributed by atoms with van der Waals surface area (Å²) in [5.74, 6) is -2.54. The number of non-ortho nitro benzene ring substituents is 1. The van der Waals surface area contributed by atoms with Gasteiger partial charge in [-0.2, -0.15) is 5.10 Å². The molecule has 1 aliphatic carbocycles. The first kappa shape index (κ1) is 23.1. The summed E-state index contributed by atoms with van der Waals surface area (Å²) in [7, 11) is 0. The Balaban J connectivity index is 1.71. The molecule has 1 aromatic carbocycles. The quantitative estimate of drug-likeness (QED) is 0.170. The molecule has 0 radical (unpaired) electrons. The third-order valence-electron chi connectivity index (χ3n) is 4.79. The van der Waals surface area contributed by atoms with Gasteiger partial charge in [-0.05, 0) is 38.2 Å². The third kappa shape index (κ3) is 5.55. The van der Waals surface area contributed by atoms with Crippen LogP contribution in [0.1, 0.15) is 52.5 Å². The maximum Gasteiger partial charge on any atom is 0.341 e.